The van der Waals surface area contributed by atoms with Gasteiger partial charge in [0.1, 0.15) is 5.52 Å². The van der Waals surface area contributed by atoms with Crippen molar-refractivity contribution in [3.63, 3.8) is 0 Å². The summed E-state index contributed by atoms with van der Waals surface area (Å²) in [4.78, 5) is 7.25. The molecule has 0 unspecified atom stereocenters. The van der Waals surface area contributed by atoms with Gasteiger partial charge in [0.05, 0.1) is 0 Å². The van der Waals surface area contributed by atoms with Crippen LogP contribution < -0.4 is 4.90 Å². The van der Waals surface area contributed by atoms with Crippen LogP contribution in [0.3, 0.4) is 0 Å². The van der Waals surface area contributed by atoms with E-state index >= 15 is 0 Å². The predicted molar refractivity (Wildman–Crippen MR) is 218 cm³/mol. The molecular formula is C49H32N2O. The van der Waals surface area contributed by atoms with Crippen molar-refractivity contribution in [1.29, 1.82) is 0 Å². The van der Waals surface area contributed by atoms with Gasteiger partial charge < -0.3 is 9.32 Å². The van der Waals surface area contributed by atoms with Gasteiger partial charge in [-0.25, -0.2) is 4.98 Å². The number of anilines is 3. The first-order valence-corrected chi connectivity index (χ1v) is 17.6. The maximum Gasteiger partial charge on any atom is 0.227 e. The Labute approximate surface area is 301 Å². The van der Waals surface area contributed by atoms with Gasteiger partial charge in [-0.3, -0.25) is 0 Å². The van der Waals surface area contributed by atoms with Gasteiger partial charge in [-0.05, 0) is 98.4 Å². The Morgan fingerprint density at radius 2 is 0.827 bits per heavy atom. The lowest BCUT2D eigenvalue weighted by Gasteiger charge is -2.26. The molecule has 0 N–H and O–H groups in total. The highest BCUT2D eigenvalue weighted by atomic mass is 16.3. The average Bonchev–Trinajstić information content (AvgIpc) is 3.67. The fourth-order valence-electron chi connectivity index (χ4n) is 7.49. The van der Waals surface area contributed by atoms with Crippen molar-refractivity contribution in [1.82, 2.24) is 4.98 Å². The fourth-order valence-corrected chi connectivity index (χ4v) is 7.49. The fraction of sp³-hybridized carbons (Fsp3) is 0. The van der Waals surface area contributed by atoms with Crippen molar-refractivity contribution in [2.45, 2.75) is 0 Å². The summed E-state index contributed by atoms with van der Waals surface area (Å²) in [5.41, 5.74) is 10.7. The normalized spacial score (nSPS) is 11.5. The molecule has 0 spiro atoms. The molecule has 10 aromatic rings. The number of aromatic nitrogens is 1. The van der Waals surface area contributed by atoms with Crippen LogP contribution in [0, 0.1) is 0 Å². The van der Waals surface area contributed by atoms with Crippen LogP contribution in [0.2, 0.25) is 0 Å². The first kappa shape index (κ1) is 29.9. The van der Waals surface area contributed by atoms with Gasteiger partial charge in [-0.15, -0.1) is 0 Å². The zero-order valence-corrected chi connectivity index (χ0v) is 28.3. The van der Waals surface area contributed by atoms with Gasteiger partial charge in [0.2, 0.25) is 5.89 Å². The molecule has 3 heteroatoms. The molecule has 52 heavy (non-hydrogen) atoms. The molecule has 3 nitrogen and oxygen atoms in total. The third-order valence-corrected chi connectivity index (χ3v) is 10.1. The molecule has 0 saturated carbocycles. The van der Waals surface area contributed by atoms with Crippen LogP contribution >= 0.6 is 0 Å². The summed E-state index contributed by atoms with van der Waals surface area (Å²) in [6.45, 7) is 0. The molecule has 0 atom stereocenters. The first-order valence-electron chi connectivity index (χ1n) is 17.6. The quantitative estimate of drug-likeness (QED) is 0.166. The maximum absolute atomic E-state index is 6.57. The summed E-state index contributed by atoms with van der Waals surface area (Å²) >= 11 is 0. The van der Waals surface area contributed by atoms with Gasteiger partial charge in [0.25, 0.3) is 0 Å². The van der Waals surface area contributed by atoms with Gasteiger partial charge >= 0.3 is 0 Å². The second kappa shape index (κ2) is 12.4. The molecule has 0 fully saturated rings. The van der Waals surface area contributed by atoms with Crippen LogP contribution in [-0.2, 0) is 0 Å². The number of benzene rings is 9. The highest BCUT2D eigenvalue weighted by Crippen LogP contribution is 2.42. The molecule has 0 amide bonds. The minimum Gasteiger partial charge on any atom is -0.435 e. The van der Waals surface area contributed by atoms with E-state index in [1.807, 2.05) is 30.3 Å². The second-order valence-electron chi connectivity index (χ2n) is 13.2. The Morgan fingerprint density at radius 3 is 1.40 bits per heavy atom. The number of oxazole rings is 1. The minimum absolute atomic E-state index is 0.634. The molecule has 0 saturated heterocycles. The van der Waals surface area contributed by atoms with Crippen molar-refractivity contribution < 1.29 is 4.42 Å². The SMILES string of the molecule is c1ccc(-c2ccc(N(c3ccc(-c4ccccc4)cc3)c3ccc4c(ccc5ccc6ccc7nc(-c8ccccc8)oc7c6c54)c3)cc2)cc1. The van der Waals surface area contributed by atoms with Crippen molar-refractivity contribution in [2.24, 2.45) is 0 Å². The van der Waals surface area contributed by atoms with E-state index in [1.54, 1.807) is 0 Å². The van der Waals surface area contributed by atoms with E-state index in [4.69, 9.17) is 9.40 Å². The summed E-state index contributed by atoms with van der Waals surface area (Å²) < 4.78 is 6.57. The lowest BCUT2D eigenvalue weighted by atomic mass is 9.95. The lowest BCUT2D eigenvalue weighted by Crippen LogP contribution is -2.09. The summed E-state index contributed by atoms with van der Waals surface area (Å²) in [6, 6.07) is 68.8. The van der Waals surface area contributed by atoms with Gasteiger partial charge in [-0.1, -0.05) is 140 Å². The molecule has 0 aliphatic carbocycles. The van der Waals surface area contributed by atoms with Crippen molar-refractivity contribution in [2.75, 3.05) is 4.90 Å². The predicted octanol–water partition coefficient (Wildman–Crippen LogP) is 13.8. The number of fused-ring (bicyclic) bond motifs is 7. The Hall–Kier alpha value is -6.97. The summed E-state index contributed by atoms with van der Waals surface area (Å²) in [5, 5.41) is 6.90. The topological polar surface area (TPSA) is 29.3 Å². The van der Waals surface area contributed by atoms with Crippen LogP contribution in [0.5, 0.6) is 0 Å². The van der Waals surface area contributed by atoms with E-state index in [0.29, 0.717) is 5.89 Å². The highest BCUT2D eigenvalue weighted by Gasteiger charge is 2.18. The monoisotopic (exact) mass is 664 g/mol. The van der Waals surface area contributed by atoms with Crippen molar-refractivity contribution in [3.8, 4) is 33.7 Å². The van der Waals surface area contributed by atoms with Crippen LogP contribution in [0.15, 0.2) is 199 Å². The number of nitrogens with zero attached hydrogens (tertiary/aromatic N) is 2. The van der Waals surface area contributed by atoms with Crippen molar-refractivity contribution in [3.05, 3.63) is 194 Å². The Bertz CT molecular complexity index is 2780. The molecule has 0 aliphatic heterocycles. The zero-order valence-electron chi connectivity index (χ0n) is 28.3. The van der Waals surface area contributed by atoms with Crippen LogP contribution in [0.25, 0.3) is 77.1 Å². The van der Waals surface area contributed by atoms with E-state index in [9.17, 15) is 0 Å². The van der Waals surface area contributed by atoms with E-state index in [0.717, 1.165) is 49.9 Å². The Balaban J connectivity index is 1.14. The van der Waals surface area contributed by atoms with Crippen LogP contribution in [0.4, 0.5) is 17.1 Å². The smallest absolute Gasteiger partial charge is 0.227 e. The molecule has 1 heterocycles. The molecule has 9 aromatic carbocycles. The average molecular weight is 665 g/mol. The van der Waals surface area contributed by atoms with E-state index in [1.165, 1.54) is 38.4 Å². The van der Waals surface area contributed by atoms with E-state index < -0.39 is 0 Å². The number of rotatable bonds is 6. The Kier molecular flexibility index (Phi) is 7.14. The molecule has 10 rings (SSSR count). The maximum atomic E-state index is 6.57. The summed E-state index contributed by atoms with van der Waals surface area (Å²) in [5.74, 6) is 0.634. The molecule has 0 aliphatic rings. The molecule has 244 valence electrons. The highest BCUT2D eigenvalue weighted by molar-refractivity contribution is 6.26. The lowest BCUT2D eigenvalue weighted by molar-refractivity contribution is 0.623. The molecular weight excluding hydrogens is 633 g/mol. The summed E-state index contributed by atoms with van der Waals surface area (Å²) in [7, 11) is 0. The van der Waals surface area contributed by atoms with Crippen molar-refractivity contribution >= 4 is 60.5 Å². The molecule has 0 radical (unpaired) electrons. The number of hydrogen-bond donors (Lipinski definition) is 0. The molecule has 0 bridgehead atoms. The largest absolute Gasteiger partial charge is 0.435 e. The second-order valence-corrected chi connectivity index (χ2v) is 13.2. The molecule has 1 aromatic heterocycles. The van der Waals surface area contributed by atoms with Gasteiger partial charge in [0.15, 0.2) is 5.58 Å². The van der Waals surface area contributed by atoms with Crippen LogP contribution in [-0.4, -0.2) is 4.98 Å². The Morgan fingerprint density at radius 1 is 0.365 bits per heavy atom. The third kappa shape index (κ3) is 5.19. The van der Waals surface area contributed by atoms with Gasteiger partial charge in [0, 0.05) is 33.4 Å². The van der Waals surface area contributed by atoms with E-state index in [-0.39, 0.29) is 0 Å². The number of hydrogen-bond acceptors (Lipinski definition) is 3. The first-order chi connectivity index (χ1) is 25.8. The minimum atomic E-state index is 0.634. The van der Waals surface area contributed by atoms with E-state index in [2.05, 4.69) is 169 Å². The standard InChI is InChI=1S/C49H32N2O/c1-4-10-33(11-5-1)35-20-25-41(26-21-35)51(42-27-22-36(23-28-42)34-12-6-2-7-13-34)43-29-30-44-40(32-43)19-18-37-16-17-38-24-31-45-48(47(38)46(37)44)52-49(50-45)39-14-8-3-9-15-39/h1-32H. The van der Waals surface area contributed by atoms with Gasteiger partial charge in [-0.2, -0.15) is 0 Å². The third-order valence-electron chi connectivity index (χ3n) is 10.1. The summed E-state index contributed by atoms with van der Waals surface area (Å²) in [6.07, 6.45) is 0. The zero-order chi connectivity index (χ0) is 34.4. The van der Waals surface area contributed by atoms with Crippen LogP contribution in [0.1, 0.15) is 0 Å².